The van der Waals surface area contributed by atoms with Crippen LogP contribution in [0.5, 0.6) is 0 Å². The van der Waals surface area contributed by atoms with Crippen molar-refractivity contribution in [3.05, 3.63) is 95.6 Å². The van der Waals surface area contributed by atoms with E-state index in [0.29, 0.717) is 17.7 Å². The molecule has 0 fully saturated rings. The Morgan fingerprint density at radius 3 is 2.13 bits per heavy atom. The number of sulfonamides is 1. The van der Waals surface area contributed by atoms with E-state index in [1.54, 1.807) is 30.3 Å². The van der Waals surface area contributed by atoms with Gasteiger partial charge in [0.2, 0.25) is 11.8 Å². The maximum atomic E-state index is 14.1. The van der Waals surface area contributed by atoms with E-state index in [-0.39, 0.29) is 17.3 Å². The molecular weight excluding hydrogens is 510 g/mol. The monoisotopic (exact) mass is 549 g/mol. The van der Waals surface area contributed by atoms with Gasteiger partial charge in [-0.2, -0.15) is 0 Å². The quantitative estimate of drug-likeness (QED) is 0.376. The van der Waals surface area contributed by atoms with Crippen LogP contribution in [-0.4, -0.2) is 43.3 Å². The smallest absolute Gasteiger partial charge is 0.264 e. The van der Waals surface area contributed by atoms with Crippen molar-refractivity contribution >= 4 is 27.5 Å². The maximum absolute atomic E-state index is 14.1. The number of rotatable bonds is 10. The van der Waals surface area contributed by atoms with Crippen LogP contribution in [0.3, 0.4) is 0 Å². The molecule has 2 amide bonds. The summed E-state index contributed by atoms with van der Waals surface area (Å²) in [6.45, 7) is 11.0. The average Bonchev–Trinajstić information content (AvgIpc) is 2.87. The van der Waals surface area contributed by atoms with Gasteiger partial charge in [-0.15, -0.1) is 0 Å². The number of hydrogen-bond acceptors (Lipinski definition) is 4. The minimum atomic E-state index is -4.08. The number of para-hydroxylation sites is 1. The summed E-state index contributed by atoms with van der Waals surface area (Å²) in [5.74, 6) is -0.741. The van der Waals surface area contributed by atoms with Crippen LogP contribution in [0.1, 0.15) is 50.8 Å². The Labute approximate surface area is 232 Å². The molecule has 3 rings (SSSR count). The fraction of sp³-hybridized carbons (Fsp3) is 0.355. The topological polar surface area (TPSA) is 86.8 Å². The van der Waals surface area contributed by atoms with Crippen LogP contribution in [0.25, 0.3) is 0 Å². The lowest BCUT2D eigenvalue weighted by Crippen LogP contribution is -2.55. The van der Waals surface area contributed by atoms with E-state index in [4.69, 9.17) is 0 Å². The largest absolute Gasteiger partial charge is 0.350 e. The average molecular weight is 550 g/mol. The summed E-state index contributed by atoms with van der Waals surface area (Å²) in [4.78, 5) is 29.1. The molecule has 0 aliphatic carbocycles. The van der Waals surface area contributed by atoms with E-state index in [0.717, 1.165) is 15.4 Å². The van der Waals surface area contributed by atoms with Crippen LogP contribution in [0.4, 0.5) is 5.69 Å². The van der Waals surface area contributed by atoms with Gasteiger partial charge in [-0.25, -0.2) is 8.42 Å². The number of nitrogens with zero attached hydrogens (tertiary/aromatic N) is 2. The molecule has 7 nitrogen and oxygen atoms in total. The number of benzene rings is 3. The lowest BCUT2D eigenvalue weighted by molar-refractivity contribution is -0.141. The molecule has 39 heavy (non-hydrogen) atoms. The number of nitrogens with one attached hydrogen (secondary N) is 1. The zero-order valence-electron chi connectivity index (χ0n) is 23.6. The van der Waals surface area contributed by atoms with Crippen LogP contribution in [-0.2, 0) is 26.2 Å². The zero-order valence-corrected chi connectivity index (χ0v) is 24.5. The molecule has 0 spiro atoms. The van der Waals surface area contributed by atoms with Crippen LogP contribution >= 0.6 is 0 Å². The molecule has 3 aromatic carbocycles. The predicted molar refractivity (Wildman–Crippen MR) is 156 cm³/mol. The zero-order chi connectivity index (χ0) is 28.8. The first-order valence-corrected chi connectivity index (χ1v) is 14.6. The van der Waals surface area contributed by atoms with E-state index in [9.17, 15) is 18.0 Å². The first-order valence-electron chi connectivity index (χ1n) is 13.1. The second-order valence-corrected chi connectivity index (χ2v) is 12.6. The summed E-state index contributed by atoms with van der Waals surface area (Å²) in [6, 6.07) is 22.1. The van der Waals surface area contributed by atoms with Gasteiger partial charge in [-0.05, 0) is 70.4 Å². The van der Waals surface area contributed by atoms with Crippen LogP contribution in [0, 0.1) is 13.8 Å². The minimum absolute atomic E-state index is 0.0869. The highest BCUT2D eigenvalue weighted by molar-refractivity contribution is 7.92. The Morgan fingerprint density at radius 1 is 0.897 bits per heavy atom. The number of amides is 2. The van der Waals surface area contributed by atoms with Crippen molar-refractivity contribution in [1.29, 1.82) is 0 Å². The molecule has 0 saturated carbocycles. The van der Waals surface area contributed by atoms with Gasteiger partial charge in [0.15, 0.2) is 0 Å². The van der Waals surface area contributed by atoms with E-state index < -0.39 is 34.1 Å². The van der Waals surface area contributed by atoms with Gasteiger partial charge in [-0.1, -0.05) is 73.2 Å². The number of carbonyl (C=O) groups excluding carboxylic acids is 2. The molecule has 0 radical (unpaired) electrons. The Bertz CT molecular complexity index is 1400. The van der Waals surface area contributed by atoms with Gasteiger partial charge in [0.05, 0.1) is 10.6 Å². The third-order valence-electron chi connectivity index (χ3n) is 6.31. The second kappa shape index (κ2) is 12.5. The minimum Gasteiger partial charge on any atom is -0.350 e. The molecule has 1 N–H and O–H groups in total. The van der Waals surface area contributed by atoms with Crippen molar-refractivity contribution < 1.29 is 18.0 Å². The van der Waals surface area contributed by atoms with Crippen molar-refractivity contribution in [3.8, 4) is 0 Å². The number of anilines is 1. The summed E-state index contributed by atoms with van der Waals surface area (Å²) in [7, 11) is -4.08. The molecule has 0 unspecified atom stereocenters. The Kier molecular flexibility index (Phi) is 9.56. The summed E-state index contributed by atoms with van der Waals surface area (Å²) in [5, 5.41) is 2.99. The second-order valence-electron chi connectivity index (χ2n) is 10.8. The van der Waals surface area contributed by atoms with Gasteiger partial charge in [0, 0.05) is 12.1 Å². The molecule has 1 atom stereocenters. The van der Waals surface area contributed by atoms with Gasteiger partial charge >= 0.3 is 0 Å². The van der Waals surface area contributed by atoms with Crippen molar-refractivity contribution in [1.82, 2.24) is 10.2 Å². The highest BCUT2D eigenvalue weighted by atomic mass is 32.2. The summed E-state index contributed by atoms with van der Waals surface area (Å²) in [6.07, 6.45) is 0.370. The van der Waals surface area contributed by atoms with Crippen LogP contribution < -0.4 is 9.62 Å². The van der Waals surface area contributed by atoms with Gasteiger partial charge in [-0.3, -0.25) is 13.9 Å². The summed E-state index contributed by atoms with van der Waals surface area (Å²) < 4.78 is 28.9. The van der Waals surface area contributed by atoms with Gasteiger partial charge in [0.1, 0.15) is 12.6 Å². The third-order valence-corrected chi connectivity index (χ3v) is 8.09. The standard InChI is InChI=1S/C31H39N3O4S/c1-7-27(30(36)32-31(4,5)6)33(21-25-16-13-14-23(2)20-25)29(35)22-34(28-19-12-11-15-24(28)3)39(37,38)26-17-9-8-10-18-26/h8-20,27H,7,21-22H2,1-6H3,(H,32,36)/t27-/m0/s1. The predicted octanol–water partition coefficient (Wildman–Crippen LogP) is 5.22. The highest BCUT2D eigenvalue weighted by Crippen LogP contribution is 2.27. The number of hydrogen-bond donors (Lipinski definition) is 1. The van der Waals surface area contributed by atoms with E-state index in [1.165, 1.54) is 17.0 Å². The van der Waals surface area contributed by atoms with Crippen molar-refractivity contribution in [2.75, 3.05) is 10.8 Å². The maximum Gasteiger partial charge on any atom is 0.264 e. The SMILES string of the molecule is CC[C@@H](C(=O)NC(C)(C)C)N(Cc1cccc(C)c1)C(=O)CN(c1ccccc1C)S(=O)(=O)c1ccccc1. The molecule has 0 saturated heterocycles. The summed E-state index contributed by atoms with van der Waals surface area (Å²) >= 11 is 0. The first kappa shape index (κ1) is 29.9. The molecule has 0 heterocycles. The Morgan fingerprint density at radius 2 is 1.54 bits per heavy atom. The molecule has 0 aliphatic rings. The fourth-order valence-corrected chi connectivity index (χ4v) is 5.96. The molecule has 0 bridgehead atoms. The highest BCUT2D eigenvalue weighted by Gasteiger charge is 2.34. The lowest BCUT2D eigenvalue weighted by Gasteiger charge is -2.35. The van der Waals surface area contributed by atoms with Gasteiger partial charge < -0.3 is 10.2 Å². The van der Waals surface area contributed by atoms with Crippen molar-refractivity contribution in [3.63, 3.8) is 0 Å². The lowest BCUT2D eigenvalue weighted by atomic mass is 10.0. The van der Waals surface area contributed by atoms with Crippen molar-refractivity contribution in [2.45, 2.75) is 71.0 Å². The molecular formula is C31H39N3O4S. The fourth-order valence-electron chi connectivity index (χ4n) is 4.46. The van der Waals surface area contributed by atoms with Crippen molar-refractivity contribution in [2.24, 2.45) is 0 Å². The molecule has 8 heteroatoms. The van der Waals surface area contributed by atoms with E-state index in [2.05, 4.69) is 5.32 Å². The molecule has 3 aromatic rings. The van der Waals surface area contributed by atoms with Crippen LogP contribution in [0.15, 0.2) is 83.8 Å². The normalized spacial score (nSPS) is 12.5. The Hall–Kier alpha value is -3.65. The number of aryl methyl sites for hydroxylation is 2. The van der Waals surface area contributed by atoms with Gasteiger partial charge in [0.25, 0.3) is 10.0 Å². The number of carbonyl (C=O) groups is 2. The third kappa shape index (κ3) is 7.69. The molecule has 0 aliphatic heterocycles. The molecule has 208 valence electrons. The Balaban J connectivity index is 2.08. The molecule has 0 aromatic heterocycles. The summed E-state index contributed by atoms with van der Waals surface area (Å²) in [5.41, 5.74) is 2.52. The van der Waals surface area contributed by atoms with E-state index >= 15 is 0 Å². The first-order chi connectivity index (χ1) is 18.3. The van der Waals surface area contributed by atoms with E-state index in [1.807, 2.05) is 77.9 Å². The van der Waals surface area contributed by atoms with Crippen LogP contribution in [0.2, 0.25) is 0 Å².